The van der Waals surface area contributed by atoms with E-state index in [1.165, 1.54) is 18.7 Å². The van der Waals surface area contributed by atoms with Crippen LogP contribution in [0, 0.1) is 0 Å². The SMILES string of the molecule is C=NC(=N/C=C(\C)C(=O)N1CCN(c2ncc(C(=O)NCCCCn3nc(-c4ccc5oc(N)nc5c4)c4c(N)ncnc43)cn2)CC1)N1CCN(c2ncc(CN)cn2)CC1. The van der Waals surface area contributed by atoms with Crippen LogP contribution in [0.4, 0.5) is 23.7 Å². The van der Waals surface area contributed by atoms with Crippen molar-refractivity contribution in [3.05, 3.63) is 72.2 Å². The van der Waals surface area contributed by atoms with Gasteiger partial charge in [0.05, 0.1) is 10.9 Å². The Bertz CT molecular complexity index is 2620. The number of anilines is 4. The van der Waals surface area contributed by atoms with E-state index in [0.717, 1.165) is 11.1 Å². The average molecular weight is 842 g/mol. The van der Waals surface area contributed by atoms with E-state index < -0.39 is 0 Å². The maximum atomic E-state index is 13.3. The highest BCUT2D eigenvalue weighted by Gasteiger charge is 2.25. The Morgan fingerprint density at radius 2 is 1.56 bits per heavy atom. The third kappa shape index (κ3) is 8.94. The summed E-state index contributed by atoms with van der Waals surface area (Å²) in [5.74, 6) is 1.55. The van der Waals surface area contributed by atoms with Crippen molar-refractivity contribution in [1.82, 2.24) is 59.8 Å². The number of nitrogens with zero attached hydrogens (tertiary/aromatic N) is 15. The van der Waals surface area contributed by atoms with Crippen LogP contribution in [0.5, 0.6) is 0 Å². The van der Waals surface area contributed by atoms with Crippen LogP contribution in [0.15, 0.2) is 75.5 Å². The van der Waals surface area contributed by atoms with E-state index in [9.17, 15) is 9.59 Å². The zero-order valence-electron chi connectivity index (χ0n) is 34.3. The number of guanidine groups is 1. The van der Waals surface area contributed by atoms with Crippen LogP contribution < -0.4 is 32.3 Å². The minimum Gasteiger partial charge on any atom is -0.424 e. The minimum absolute atomic E-state index is 0.0848. The molecule has 22 nitrogen and oxygen atoms in total. The molecule has 7 N–H and O–H groups in total. The van der Waals surface area contributed by atoms with E-state index in [1.54, 1.807) is 41.2 Å². The maximum absolute atomic E-state index is 13.3. The van der Waals surface area contributed by atoms with Gasteiger partial charge in [-0.15, -0.1) is 0 Å². The number of amides is 2. The molecule has 0 aliphatic carbocycles. The van der Waals surface area contributed by atoms with Crippen molar-refractivity contribution in [1.29, 1.82) is 0 Å². The van der Waals surface area contributed by atoms with Gasteiger partial charge in [-0.05, 0) is 44.7 Å². The number of carbonyl (C=O) groups excluding carboxylic acids is 2. The van der Waals surface area contributed by atoms with Crippen molar-refractivity contribution in [3.8, 4) is 11.3 Å². The Labute approximate surface area is 355 Å². The highest BCUT2D eigenvalue weighted by atomic mass is 16.4. The largest absolute Gasteiger partial charge is 0.424 e. The van der Waals surface area contributed by atoms with Gasteiger partial charge in [0.1, 0.15) is 23.4 Å². The summed E-state index contributed by atoms with van der Waals surface area (Å²) in [6.45, 7) is 11.5. The second-order valence-electron chi connectivity index (χ2n) is 14.7. The molecule has 0 radical (unpaired) electrons. The lowest BCUT2D eigenvalue weighted by atomic mass is 10.1. The van der Waals surface area contributed by atoms with Crippen LogP contribution in [-0.2, 0) is 17.9 Å². The van der Waals surface area contributed by atoms with Gasteiger partial charge in [-0.1, -0.05) is 0 Å². The van der Waals surface area contributed by atoms with E-state index >= 15 is 0 Å². The molecule has 0 bridgehead atoms. The standard InChI is InChI=1S/C40H47N19O3/c1-25(19-46-38(44-2)56-13-15-58(16-14-56)39-47-20-26(18-41)21-48-39)36(61)55-9-11-57(12-10-55)40-49-22-28(23-50-40)35(60)45-7-3-4-8-59-34-31(33(42)51-24-52-34)32(54-59)27-5-6-30-29(17-27)53-37(43)62-30/h5-6,17,19-24H,2-4,7-16,18,41H2,1H3,(H2,43,53)(H,45,60)(H2,42,51,52)/b25-19+,46-38?. The molecule has 2 fully saturated rings. The quantitative estimate of drug-likeness (QED) is 0.0587. The number of rotatable bonds is 12. The smallest absolute Gasteiger partial charge is 0.292 e. The van der Waals surface area contributed by atoms with E-state index in [4.69, 9.17) is 26.7 Å². The lowest BCUT2D eigenvalue weighted by Crippen LogP contribution is -2.49. The van der Waals surface area contributed by atoms with Crippen molar-refractivity contribution in [2.24, 2.45) is 15.7 Å². The van der Waals surface area contributed by atoms with Gasteiger partial charge in [0, 0.05) is 120 Å². The number of hydrogen-bond donors (Lipinski definition) is 4. The van der Waals surface area contributed by atoms with Gasteiger partial charge in [-0.3, -0.25) is 9.59 Å². The number of oxazole rings is 1. The van der Waals surface area contributed by atoms with Gasteiger partial charge in [-0.25, -0.2) is 44.6 Å². The number of benzene rings is 1. The normalized spacial score (nSPS) is 15.1. The number of fused-ring (bicyclic) bond motifs is 2. The van der Waals surface area contributed by atoms with E-state index in [2.05, 4.69) is 61.8 Å². The van der Waals surface area contributed by atoms with Crippen molar-refractivity contribution in [3.63, 3.8) is 0 Å². The van der Waals surface area contributed by atoms with Crippen molar-refractivity contribution in [2.75, 3.05) is 80.2 Å². The number of aliphatic imine (C=N–C) groups is 2. The summed E-state index contributed by atoms with van der Waals surface area (Å²) in [5, 5.41) is 8.41. The predicted octanol–water partition coefficient (Wildman–Crippen LogP) is 1.48. The fourth-order valence-electron chi connectivity index (χ4n) is 7.29. The molecule has 2 aliphatic rings. The molecule has 2 saturated heterocycles. The molecule has 0 atom stereocenters. The zero-order chi connectivity index (χ0) is 43.2. The van der Waals surface area contributed by atoms with E-state index in [-0.39, 0.29) is 17.8 Å². The Morgan fingerprint density at radius 1 is 0.887 bits per heavy atom. The molecule has 1 aromatic carbocycles. The molecule has 0 saturated carbocycles. The number of aromatic nitrogens is 9. The molecule has 7 heterocycles. The van der Waals surface area contributed by atoms with Crippen LogP contribution in [0.1, 0.15) is 35.7 Å². The highest BCUT2D eigenvalue weighted by Crippen LogP contribution is 2.32. The van der Waals surface area contributed by atoms with Crippen LogP contribution in [0.3, 0.4) is 0 Å². The Hall–Kier alpha value is -7.62. The van der Waals surface area contributed by atoms with Crippen LogP contribution in [0.2, 0.25) is 0 Å². The van der Waals surface area contributed by atoms with Gasteiger partial charge in [0.15, 0.2) is 11.2 Å². The van der Waals surface area contributed by atoms with E-state index in [1.807, 2.05) is 21.9 Å². The Balaban J connectivity index is 0.777. The molecule has 320 valence electrons. The molecule has 0 spiro atoms. The lowest BCUT2D eigenvalue weighted by Gasteiger charge is -2.35. The number of hydrogen-bond acceptors (Lipinski definition) is 17. The minimum atomic E-state index is -0.270. The van der Waals surface area contributed by atoms with Gasteiger partial charge in [-0.2, -0.15) is 10.1 Å². The molecule has 62 heavy (non-hydrogen) atoms. The summed E-state index contributed by atoms with van der Waals surface area (Å²) in [5.41, 5.74) is 22.6. The van der Waals surface area contributed by atoms with Crippen molar-refractivity contribution < 1.29 is 14.0 Å². The number of unbranched alkanes of at least 4 members (excludes halogenated alkanes) is 1. The fourth-order valence-corrected chi connectivity index (χ4v) is 7.29. The second-order valence-corrected chi connectivity index (χ2v) is 14.7. The molecule has 5 aromatic heterocycles. The fraction of sp³-hybridized carbons (Fsp3) is 0.350. The van der Waals surface area contributed by atoms with Crippen molar-refractivity contribution in [2.45, 2.75) is 32.9 Å². The first kappa shape index (κ1) is 41.1. The molecule has 22 heteroatoms. The third-order valence-corrected chi connectivity index (χ3v) is 10.7. The number of nitrogens with two attached hydrogens (primary N) is 3. The summed E-state index contributed by atoms with van der Waals surface area (Å²) >= 11 is 0. The molecular weight excluding hydrogens is 795 g/mol. The van der Waals surface area contributed by atoms with Crippen molar-refractivity contribution >= 4 is 70.4 Å². The summed E-state index contributed by atoms with van der Waals surface area (Å²) in [4.78, 5) is 73.4. The third-order valence-electron chi connectivity index (χ3n) is 10.7. The van der Waals surface area contributed by atoms with Gasteiger partial charge >= 0.3 is 0 Å². The van der Waals surface area contributed by atoms with Gasteiger partial charge in [0.25, 0.3) is 17.8 Å². The lowest BCUT2D eigenvalue weighted by molar-refractivity contribution is -0.127. The van der Waals surface area contributed by atoms with Gasteiger partial charge in [0.2, 0.25) is 17.9 Å². The number of nitrogen functional groups attached to an aromatic ring is 2. The summed E-state index contributed by atoms with van der Waals surface area (Å²) < 4.78 is 7.20. The molecule has 6 aromatic rings. The molecule has 0 unspecified atom stereocenters. The monoisotopic (exact) mass is 841 g/mol. The van der Waals surface area contributed by atoms with Gasteiger partial charge < -0.3 is 46.5 Å². The first-order valence-electron chi connectivity index (χ1n) is 20.2. The first-order chi connectivity index (χ1) is 30.2. The average Bonchev–Trinajstić information content (AvgIpc) is 3.88. The van der Waals surface area contributed by atoms with Crippen LogP contribution >= 0.6 is 0 Å². The maximum Gasteiger partial charge on any atom is 0.292 e. The van der Waals surface area contributed by atoms with Crippen LogP contribution in [0.25, 0.3) is 33.4 Å². The Morgan fingerprint density at radius 3 is 2.24 bits per heavy atom. The number of aryl methyl sites for hydroxylation is 1. The first-order valence-corrected chi connectivity index (χ1v) is 20.2. The topological polar surface area (TPSA) is 283 Å². The van der Waals surface area contributed by atoms with E-state index in [0.29, 0.717) is 147 Å². The molecule has 8 rings (SSSR count). The number of nitrogens with one attached hydrogen (secondary N) is 1. The zero-order valence-corrected chi connectivity index (χ0v) is 34.3. The number of piperazine rings is 2. The predicted molar refractivity (Wildman–Crippen MR) is 234 cm³/mol. The summed E-state index contributed by atoms with van der Waals surface area (Å²) in [6.07, 6.45) is 10.9. The summed E-state index contributed by atoms with van der Waals surface area (Å²) in [6, 6.07) is 5.57. The summed E-state index contributed by atoms with van der Waals surface area (Å²) in [7, 11) is 0. The Kier molecular flexibility index (Phi) is 12.2. The molecule has 2 aliphatic heterocycles. The second kappa shape index (κ2) is 18.3. The number of carbonyl (C=O) groups is 2. The molecular formula is C40H47N19O3. The highest BCUT2D eigenvalue weighted by molar-refractivity contribution is 5.99. The molecule has 2 amide bonds. The van der Waals surface area contributed by atoms with Crippen LogP contribution in [-0.4, -0.2) is 138 Å².